The number of thiocarbonyl (C=S) groups is 1. The topological polar surface area (TPSA) is 126 Å². The van der Waals surface area contributed by atoms with Crippen molar-refractivity contribution < 1.29 is 33.4 Å². The van der Waals surface area contributed by atoms with E-state index in [9.17, 15) is 14.7 Å². The summed E-state index contributed by atoms with van der Waals surface area (Å²) in [6, 6.07) is 16.1. The number of thioether (sulfide) groups is 1. The van der Waals surface area contributed by atoms with Crippen LogP contribution in [0.3, 0.4) is 0 Å². The van der Waals surface area contributed by atoms with E-state index in [2.05, 4.69) is 5.32 Å². The van der Waals surface area contributed by atoms with Gasteiger partial charge in [-0.3, -0.25) is 14.5 Å². The number of carbonyl (C=O) groups is 2. The Bertz CT molecular complexity index is 1590. The highest BCUT2D eigenvalue weighted by molar-refractivity contribution is 8.26. The first-order chi connectivity index (χ1) is 20.8. The maximum Gasteiger partial charge on any atom is 0.373 e. The van der Waals surface area contributed by atoms with Crippen molar-refractivity contribution in [2.75, 3.05) is 13.7 Å². The molecule has 2 heterocycles. The molecule has 3 aromatic rings. The molecule has 9 nitrogen and oxygen atoms in total. The molecule has 0 spiro atoms. The van der Waals surface area contributed by atoms with Crippen molar-refractivity contribution in [3.05, 3.63) is 76.4 Å². The first-order valence-electron chi connectivity index (χ1n) is 13.9. The summed E-state index contributed by atoms with van der Waals surface area (Å²) in [5.74, 6) is 2.82. The number of phenolic OH excluding ortho intramolecular Hbond substituents is 1. The zero-order chi connectivity index (χ0) is 30.5. The standard InChI is InChI=1S/C31H30N2O5S2.CO2/c1-37-27-10-6-21(16-24(27)29(35)32-13-12-18-3-7-22(34)8-4-18)26-11-9-23(38-26)17-28-30(36)33(31(39)40-28)25-15-19-2-5-20(25)14-19;2-1-3/h3-4,6-11,16-17,19-20,25,34H,2,5,12-15H2,1H3,(H,32,35);/b28-17-;. The van der Waals surface area contributed by atoms with Crippen molar-refractivity contribution in [2.24, 2.45) is 11.8 Å². The molecule has 3 unspecified atom stereocenters. The molecule has 1 aliphatic heterocycles. The Labute approximate surface area is 258 Å². The number of amides is 2. The van der Waals surface area contributed by atoms with E-state index in [4.69, 9.17) is 31.0 Å². The molecule has 1 aromatic heterocycles. The van der Waals surface area contributed by atoms with Crippen molar-refractivity contribution in [3.63, 3.8) is 0 Å². The Kier molecular flexibility index (Phi) is 9.45. The van der Waals surface area contributed by atoms with Gasteiger partial charge in [-0.25, -0.2) is 0 Å². The van der Waals surface area contributed by atoms with E-state index in [1.165, 1.54) is 38.1 Å². The van der Waals surface area contributed by atoms with Gasteiger partial charge in [0.2, 0.25) is 0 Å². The van der Waals surface area contributed by atoms with Gasteiger partial charge < -0.3 is 19.6 Å². The number of carbonyl (C=O) groups excluding carboxylic acids is 4. The van der Waals surface area contributed by atoms with Crippen LogP contribution in [0.25, 0.3) is 17.4 Å². The maximum absolute atomic E-state index is 13.3. The minimum atomic E-state index is -0.256. The Morgan fingerprint density at radius 2 is 1.93 bits per heavy atom. The van der Waals surface area contributed by atoms with E-state index in [0.717, 1.165) is 23.5 Å². The molecule has 2 amide bonds. The number of hydrogen-bond acceptors (Lipinski definition) is 9. The molecule has 2 saturated carbocycles. The number of rotatable bonds is 8. The average Bonchev–Trinajstić information content (AvgIpc) is 3.80. The van der Waals surface area contributed by atoms with Crippen LogP contribution in [-0.4, -0.2) is 52.0 Å². The molecule has 222 valence electrons. The highest BCUT2D eigenvalue weighted by Gasteiger charge is 2.48. The first kappa shape index (κ1) is 30.3. The number of fused-ring (bicyclic) bond motifs is 2. The molecule has 0 radical (unpaired) electrons. The number of hydrogen-bond donors (Lipinski definition) is 2. The van der Waals surface area contributed by atoms with E-state index in [1.54, 1.807) is 30.3 Å². The largest absolute Gasteiger partial charge is 0.508 e. The van der Waals surface area contributed by atoms with Crippen LogP contribution in [0.15, 0.2) is 63.9 Å². The molecule has 2 aliphatic carbocycles. The quantitative estimate of drug-likeness (QED) is 0.251. The van der Waals surface area contributed by atoms with E-state index in [-0.39, 0.29) is 29.8 Å². The van der Waals surface area contributed by atoms with Gasteiger partial charge >= 0.3 is 6.15 Å². The first-order valence-corrected chi connectivity index (χ1v) is 15.1. The fourth-order valence-corrected chi connectivity index (χ4v) is 7.48. The Morgan fingerprint density at radius 3 is 2.60 bits per heavy atom. The number of benzene rings is 2. The molecule has 43 heavy (non-hydrogen) atoms. The van der Waals surface area contributed by atoms with Gasteiger partial charge in [-0.05, 0) is 85.5 Å². The second kappa shape index (κ2) is 13.4. The molecular weight excluding hydrogens is 588 g/mol. The monoisotopic (exact) mass is 618 g/mol. The second-order valence-corrected chi connectivity index (χ2v) is 12.3. The van der Waals surface area contributed by atoms with E-state index in [1.807, 2.05) is 35.2 Å². The molecule has 6 rings (SSSR count). The van der Waals surface area contributed by atoms with Crippen LogP contribution in [0, 0.1) is 11.8 Å². The van der Waals surface area contributed by atoms with Gasteiger partial charge in [0.1, 0.15) is 27.3 Å². The molecule has 3 aliphatic rings. The highest BCUT2D eigenvalue weighted by atomic mass is 32.2. The van der Waals surface area contributed by atoms with Crippen LogP contribution in [0.2, 0.25) is 0 Å². The Morgan fingerprint density at radius 1 is 1.16 bits per heavy atom. The zero-order valence-electron chi connectivity index (χ0n) is 23.4. The van der Waals surface area contributed by atoms with Gasteiger partial charge in [-0.2, -0.15) is 9.59 Å². The second-order valence-electron chi connectivity index (χ2n) is 10.7. The third-order valence-electron chi connectivity index (χ3n) is 8.12. The summed E-state index contributed by atoms with van der Waals surface area (Å²) < 4.78 is 12.2. The summed E-state index contributed by atoms with van der Waals surface area (Å²) in [7, 11) is 1.53. The summed E-state index contributed by atoms with van der Waals surface area (Å²) in [6.45, 7) is 0.433. The number of aromatic hydroxyl groups is 1. The minimum absolute atomic E-state index is 0.0267. The lowest BCUT2D eigenvalue weighted by molar-refractivity contribution is -0.191. The number of phenols is 1. The van der Waals surface area contributed by atoms with Crippen molar-refractivity contribution in [1.29, 1.82) is 0 Å². The van der Waals surface area contributed by atoms with Crippen LogP contribution < -0.4 is 10.1 Å². The van der Waals surface area contributed by atoms with Crippen LogP contribution in [0.5, 0.6) is 11.5 Å². The smallest absolute Gasteiger partial charge is 0.373 e. The van der Waals surface area contributed by atoms with Gasteiger partial charge in [0.25, 0.3) is 11.8 Å². The fraction of sp³-hybridized carbons (Fsp3) is 0.312. The van der Waals surface area contributed by atoms with Crippen molar-refractivity contribution >= 4 is 52.3 Å². The number of nitrogens with one attached hydrogen (secondary N) is 1. The number of ether oxygens (including phenoxy) is 1. The summed E-state index contributed by atoms with van der Waals surface area (Å²) in [6.07, 6.45) is 7.37. The van der Waals surface area contributed by atoms with Crippen LogP contribution in [0.4, 0.5) is 0 Å². The predicted molar refractivity (Wildman–Crippen MR) is 164 cm³/mol. The molecule has 3 fully saturated rings. The van der Waals surface area contributed by atoms with Gasteiger partial charge in [-0.15, -0.1) is 0 Å². The van der Waals surface area contributed by atoms with Gasteiger partial charge in [0, 0.05) is 24.2 Å². The lowest BCUT2D eigenvalue weighted by Crippen LogP contribution is -2.41. The Balaban J connectivity index is 0.00000118. The lowest BCUT2D eigenvalue weighted by atomic mass is 9.94. The summed E-state index contributed by atoms with van der Waals surface area (Å²) in [5, 5.41) is 12.4. The van der Waals surface area contributed by atoms with Gasteiger partial charge in [0.05, 0.1) is 17.6 Å². The summed E-state index contributed by atoms with van der Waals surface area (Å²) >= 11 is 6.95. The molecule has 2 N–H and O–H groups in total. The van der Waals surface area contributed by atoms with Crippen molar-refractivity contribution in [3.8, 4) is 22.8 Å². The molecule has 2 bridgehead atoms. The van der Waals surface area contributed by atoms with Gasteiger partial charge in [0.15, 0.2) is 0 Å². The SMILES string of the molecule is COc1ccc(-c2ccc(/C=C3\SC(=S)N(C4CC5CCC4C5)C3=O)o2)cc1C(=O)NCCc1ccc(O)cc1.O=C=O. The molecule has 2 aromatic carbocycles. The average molecular weight is 619 g/mol. The van der Waals surface area contributed by atoms with Crippen LogP contribution in [-0.2, 0) is 20.8 Å². The molecule has 3 atom stereocenters. The molecule has 1 saturated heterocycles. The highest BCUT2D eigenvalue weighted by Crippen LogP contribution is 2.49. The number of nitrogens with zero attached hydrogens (tertiary/aromatic N) is 1. The fourth-order valence-electron chi connectivity index (χ4n) is 6.12. The van der Waals surface area contributed by atoms with Crippen LogP contribution in [0.1, 0.15) is 47.4 Å². The Hall–Kier alpha value is -4.18. The minimum Gasteiger partial charge on any atom is -0.508 e. The maximum atomic E-state index is 13.3. The number of methoxy groups -OCH3 is 1. The van der Waals surface area contributed by atoms with Gasteiger partial charge in [-0.1, -0.05) is 42.5 Å². The third kappa shape index (κ3) is 6.74. The van der Waals surface area contributed by atoms with Crippen molar-refractivity contribution in [2.45, 2.75) is 38.1 Å². The van der Waals surface area contributed by atoms with E-state index in [0.29, 0.717) is 50.9 Å². The zero-order valence-corrected chi connectivity index (χ0v) is 25.0. The van der Waals surface area contributed by atoms with Crippen LogP contribution >= 0.6 is 24.0 Å². The lowest BCUT2D eigenvalue weighted by Gasteiger charge is -2.30. The predicted octanol–water partition coefficient (Wildman–Crippen LogP) is 5.44. The number of furan rings is 1. The third-order valence-corrected chi connectivity index (χ3v) is 9.45. The molecule has 11 heteroatoms. The summed E-state index contributed by atoms with van der Waals surface area (Å²) in [5.41, 5.74) is 2.13. The summed E-state index contributed by atoms with van der Waals surface area (Å²) in [4.78, 5) is 45.0. The molecular formula is C32H30N2O7S2. The van der Waals surface area contributed by atoms with Crippen molar-refractivity contribution in [1.82, 2.24) is 10.2 Å². The normalized spacial score (nSPS) is 21.5. The van der Waals surface area contributed by atoms with E-state index >= 15 is 0 Å². The van der Waals surface area contributed by atoms with E-state index < -0.39 is 0 Å².